The van der Waals surface area contributed by atoms with Gasteiger partial charge in [-0.2, -0.15) is 35.1 Å². The smallest absolute Gasteiger partial charge is 0.573 e. The molecule has 0 fully saturated rings. The third-order valence-corrected chi connectivity index (χ3v) is 12.4. The average Bonchev–Trinajstić information content (AvgIpc) is 3.25. The first kappa shape index (κ1) is 56.1. The van der Waals surface area contributed by atoms with Crippen molar-refractivity contribution in [1.82, 2.24) is 0 Å². The number of alkyl halides is 11. The van der Waals surface area contributed by atoms with E-state index in [9.17, 15) is 65.9 Å². The van der Waals surface area contributed by atoms with Gasteiger partial charge in [-0.05, 0) is 69.8 Å². The van der Waals surface area contributed by atoms with Crippen LogP contribution in [-0.4, -0.2) is 51.8 Å². The molecule has 1 heterocycles. The van der Waals surface area contributed by atoms with Crippen molar-refractivity contribution in [2.75, 3.05) is 11.5 Å². The number of thioether (sulfide) groups is 1. The lowest BCUT2D eigenvalue weighted by molar-refractivity contribution is -0.276. The lowest BCUT2D eigenvalue weighted by atomic mass is 10.0. The molecule has 0 unspecified atom stereocenters. The number of hydrogen-bond acceptors (Lipinski definition) is 7. The van der Waals surface area contributed by atoms with Crippen LogP contribution in [0.5, 0.6) is 17.2 Å². The fraction of sp³-hybridized carbons (Fsp3) is 0.267. The Morgan fingerprint density at radius 3 is 1.58 bits per heavy atom. The van der Waals surface area contributed by atoms with E-state index in [-0.39, 0.29) is 12.1 Å². The summed E-state index contributed by atoms with van der Waals surface area (Å²) in [6.45, 7) is 4.15. The highest BCUT2D eigenvalue weighted by Gasteiger charge is 2.38. The van der Waals surface area contributed by atoms with Gasteiger partial charge in [-0.3, -0.25) is 0 Å². The van der Waals surface area contributed by atoms with Gasteiger partial charge in [-0.25, -0.2) is 26.0 Å². The molecule has 1 N–H and O–H groups in total. The number of phenols is 1. The Morgan fingerprint density at radius 1 is 0.652 bits per heavy atom. The Hall–Kier alpha value is -5.46. The maximum Gasteiger partial charge on any atom is 0.573 e. The van der Waals surface area contributed by atoms with Crippen LogP contribution in [0.25, 0.3) is 21.5 Å². The van der Waals surface area contributed by atoms with E-state index in [4.69, 9.17) is 18.1 Å². The van der Waals surface area contributed by atoms with Crippen LogP contribution in [0.2, 0.25) is 0 Å². The van der Waals surface area contributed by atoms with Crippen LogP contribution >= 0.6 is 11.8 Å². The summed E-state index contributed by atoms with van der Waals surface area (Å²) >= 11 is 4.02. The molecule has 7 rings (SSSR count). The number of phenolic OH excluding ortho intramolecular Hbond substituents is 1. The highest BCUT2D eigenvalue weighted by atomic mass is 32.2. The average molecular weight is 1050 g/mol. The Morgan fingerprint density at radius 2 is 1.13 bits per heavy atom. The van der Waals surface area contributed by atoms with Crippen molar-refractivity contribution in [2.24, 2.45) is 0 Å². The number of benzene rings is 6. The molecule has 0 saturated heterocycles. The van der Waals surface area contributed by atoms with E-state index < -0.39 is 92.3 Å². The van der Waals surface area contributed by atoms with Crippen molar-refractivity contribution < 1.29 is 93.4 Å². The predicted octanol–water partition coefficient (Wildman–Crippen LogP) is 13.6. The van der Waals surface area contributed by atoms with Crippen molar-refractivity contribution in [2.45, 2.75) is 63.7 Å². The molecule has 0 radical (unpaired) electrons. The molecule has 24 heteroatoms. The summed E-state index contributed by atoms with van der Waals surface area (Å²) < 4.78 is 222. The summed E-state index contributed by atoms with van der Waals surface area (Å²) in [5.74, 6) is -7.43. The van der Waals surface area contributed by atoms with Crippen LogP contribution in [0.4, 0.5) is 65.9 Å². The second kappa shape index (κ2) is 23.0. The molecule has 69 heavy (non-hydrogen) atoms. The number of rotatable bonds is 8. The molecule has 0 amide bonds. The standard InChI is InChI=1S/C20H13F7O2.C16H17S2.C8H5F5O.CHF3O3S/c1-2-11-3-4-13-8-14(6-5-12(13)7-11)19(23,24)28-15-9-16(21)18(17(22)10-15)29-20(25,26)27;1-2-12-4-5-14-11-15(7-6-13(14)10-12)16-17-8-3-9-18-16;9-6-1-4(14)2-7(10)5(6)3-8(11,12)13;2-1(3,4)8(5,6)7/h3-10H,2H2,1H3;4-7,10-11H,2-3,8-9H2,1H3;1-2,14H,3H2;(H,5,6,7)/q;+1;;/p-1. The molecule has 6 aromatic rings. The minimum absolute atomic E-state index is 0.187. The van der Waals surface area contributed by atoms with Gasteiger partial charge < -0.3 is 19.1 Å². The Kier molecular flexibility index (Phi) is 18.7. The molecular weight excluding hydrogens is 1020 g/mol. The van der Waals surface area contributed by atoms with Crippen LogP contribution in [0.1, 0.15) is 48.1 Å². The van der Waals surface area contributed by atoms with Crippen molar-refractivity contribution >= 4 is 59.0 Å². The maximum absolute atomic E-state index is 14.5. The van der Waals surface area contributed by atoms with Crippen LogP contribution in [0, 0.1) is 23.3 Å². The molecule has 374 valence electrons. The molecule has 0 atom stereocenters. The summed E-state index contributed by atoms with van der Waals surface area (Å²) in [4.78, 5) is 0. The van der Waals surface area contributed by atoms with Crippen LogP contribution < -0.4 is 9.47 Å². The second-order valence-electron chi connectivity index (χ2n) is 14.3. The number of fused-ring (bicyclic) bond motifs is 2. The Bertz CT molecular complexity index is 2840. The Labute approximate surface area is 391 Å². The van der Waals surface area contributed by atoms with E-state index in [0.717, 1.165) is 35.9 Å². The minimum Gasteiger partial charge on any atom is -0.741 e. The summed E-state index contributed by atoms with van der Waals surface area (Å²) in [7, 11) is -6.09. The van der Waals surface area contributed by atoms with E-state index in [0.29, 0.717) is 17.5 Å². The van der Waals surface area contributed by atoms with Crippen molar-refractivity contribution in [3.05, 3.63) is 148 Å². The van der Waals surface area contributed by atoms with E-state index in [1.54, 1.807) is 12.1 Å². The summed E-state index contributed by atoms with van der Waals surface area (Å²) in [6, 6.07) is 23.9. The second-order valence-corrected chi connectivity index (χ2v) is 18.1. The fourth-order valence-electron chi connectivity index (χ4n) is 5.91. The first-order valence-corrected chi connectivity index (χ1v) is 23.0. The lowest BCUT2D eigenvalue weighted by Gasteiger charge is -2.19. The van der Waals surface area contributed by atoms with Crippen LogP contribution in [-0.2, 0) is 46.8 Å². The number of aromatic hydroxyl groups is 1. The molecule has 0 spiro atoms. The quantitative estimate of drug-likeness (QED) is 0.0533. The zero-order chi connectivity index (χ0) is 51.7. The molecule has 6 nitrogen and oxygen atoms in total. The highest BCUT2D eigenvalue weighted by molar-refractivity contribution is 8.23. The van der Waals surface area contributed by atoms with Crippen molar-refractivity contribution in [1.29, 1.82) is 0 Å². The molecule has 0 bridgehead atoms. The van der Waals surface area contributed by atoms with E-state index in [1.165, 1.54) is 50.1 Å². The largest absolute Gasteiger partial charge is 0.741 e. The van der Waals surface area contributed by atoms with E-state index >= 15 is 0 Å². The van der Waals surface area contributed by atoms with Gasteiger partial charge in [0.2, 0.25) is 5.75 Å². The molecule has 1 aliphatic heterocycles. The van der Waals surface area contributed by atoms with Gasteiger partial charge in [0.05, 0.1) is 12.0 Å². The fourth-order valence-corrected chi connectivity index (χ4v) is 8.46. The van der Waals surface area contributed by atoms with Gasteiger partial charge in [0.25, 0.3) is 4.20 Å². The van der Waals surface area contributed by atoms with Crippen molar-refractivity contribution in [3.63, 3.8) is 0 Å². The highest BCUT2D eigenvalue weighted by Crippen LogP contribution is 2.37. The molecule has 0 saturated carbocycles. The third-order valence-electron chi connectivity index (χ3n) is 9.17. The lowest BCUT2D eigenvalue weighted by Crippen LogP contribution is -2.22. The van der Waals surface area contributed by atoms with Gasteiger partial charge in [0.1, 0.15) is 23.1 Å². The monoisotopic (exact) mass is 1050 g/mol. The first-order chi connectivity index (χ1) is 31.9. The first-order valence-electron chi connectivity index (χ1n) is 19.7. The zero-order valence-electron chi connectivity index (χ0n) is 35.4. The minimum atomic E-state index is -6.09. The van der Waals surface area contributed by atoms with Gasteiger partial charge in [0.15, 0.2) is 38.9 Å². The van der Waals surface area contributed by atoms with Crippen LogP contribution in [0.15, 0.2) is 97.1 Å². The molecule has 1 aliphatic rings. The van der Waals surface area contributed by atoms with Gasteiger partial charge >= 0.3 is 24.2 Å². The number of halogens is 15. The normalized spacial score (nSPS) is 13.3. The van der Waals surface area contributed by atoms with Gasteiger partial charge in [-0.1, -0.05) is 74.1 Å². The summed E-state index contributed by atoms with van der Waals surface area (Å²) in [5, 5.41) is 12.6. The molecule has 0 aromatic heterocycles. The van der Waals surface area contributed by atoms with Crippen molar-refractivity contribution in [3.8, 4) is 17.2 Å². The number of hydrogen-bond donors (Lipinski definition) is 1. The van der Waals surface area contributed by atoms with Crippen LogP contribution in [0.3, 0.4) is 0 Å². The topological polar surface area (TPSA) is 95.9 Å². The molecule has 6 aromatic carbocycles. The van der Waals surface area contributed by atoms with E-state index in [1.807, 2.05) is 36.1 Å². The molecular formula is C45H35F15O6S3. The zero-order valence-corrected chi connectivity index (χ0v) is 37.8. The van der Waals surface area contributed by atoms with Gasteiger partial charge in [0, 0.05) is 47.6 Å². The maximum atomic E-state index is 14.5. The number of aryl methyl sites for hydroxylation is 2. The third kappa shape index (κ3) is 16.9. The number of ether oxygens (including phenoxy) is 2. The van der Waals surface area contributed by atoms with Gasteiger partial charge in [-0.15, -0.1) is 13.2 Å². The SMILES string of the molecule is CCc1ccc2cc(C(F)(F)Oc3cc(F)c(OC(F)(F)F)c(F)c3)ccc2c1.CCc1ccc2cc(C3=[S+]CCCS3)ccc2c1.O=S(=O)([O-])C(F)(F)F.Oc1cc(F)c(CC(F)(F)F)c(F)c1. The molecule has 0 aliphatic carbocycles. The van der Waals surface area contributed by atoms with E-state index in [2.05, 4.69) is 52.8 Å². The summed E-state index contributed by atoms with van der Waals surface area (Å²) in [6.07, 6.45) is -12.5. The summed E-state index contributed by atoms with van der Waals surface area (Å²) in [5.41, 5.74) is -3.49. The predicted molar refractivity (Wildman–Crippen MR) is 231 cm³/mol. The Balaban J connectivity index is 0.000000221.